The lowest BCUT2D eigenvalue weighted by Gasteiger charge is -2.17. The van der Waals surface area contributed by atoms with E-state index in [2.05, 4.69) is 10.6 Å². The van der Waals surface area contributed by atoms with Gasteiger partial charge in [0.15, 0.2) is 0 Å². The first-order valence-corrected chi connectivity index (χ1v) is 5.94. The van der Waals surface area contributed by atoms with Crippen LogP contribution in [0.4, 0.5) is 11.4 Å². The van der Waals surface area contributed by atoms with Gasteiger partial charge in [0.2, 0.25) is 5.91 Å². The van der Waals surface area contributed by atoms with Gasteiger partial charge in [0.25, 0.3) is 0 Å². The molecule has 1 unspecified atom stereocenters. The van der Waals surface area contributed by atoms with E-state index in [4.69, 9.17) is 10.5 Å². The quantitative estimate of drug-likeness (QED) is 0.695. The Morgan fingerprint density at radius 3 is 2.50 bits per heavy atom. The largest absolute Gasteiger partial charge is 0.497 e. The van der Waals surface area contributed by atoms with E-state index in [0.29, 0.717) is 11.4 Å². The molecule has 5 heteroatoms. The summed E-state index contributed by atoms with van der Waals surface area (Å²) < 4.78 is 5.12. The lowest BCUT2D eigenvalue weighted by Crippen LogP contribution is -2.40. The third kappa shape index (κ3) is 4.16. The highest BCUT2D eigenvalue weighted by atomic mass is 16.5. The van der Waals surface area contributed by atoms with Gasteiger partial charge >= 0.3 is 0 Å². The standard InChI is InChI=1S/C13H21N3O2/c1-8(2)15-13(17)9(3)16-11-5-10(14)6-12(7-11)18-4/h5-9,16H,14H2,1-4H3,(H,15,17). The lowest BCUT2D eigenvalue weighted by atomic mass is 10.2. The van der Waals surface area contributed by atoms with Crippen LogP contribution in [-0.2, 0) is 4.79 Å². The van der Waals surface area contributed by atoms with Crippen molar-refractivity contribution in [3.8, 4) is 5.75 Å². The van der Waals surface area contributed by atoms with E-state index in [1.54, 1.807) is 32.2 Å². The summed E-state index contributed by atoms with van der Waals surface area (Å²) in [6.45, 7) is 5.65. The third-order valence-electron chi connectivity index (χ3n) is 2.37. The molecular formula is C13H21N3O2. The average molecular weight is 251 g/mol. The second-order valence-corrected chi connectivity index (χ2v) is 4.52. The number of anilines is 2. The molecule has 4 N–H and O–H groups in total. The molecule has 0 spiro atoms. The van der Waals surface area contributed by atoms with Crippen molar-refractivity contribution in [3.63, 3.8) is 0 Å². The highest BCUT2D eigenvalue weighted by Gasteiger charge is 2.13. The molecular weight excluding hydrogens is 230 g/mol. The molecule has 0 heterocycles. The normalized spacial score (nSPS) is 12.1. The molecule has 5 nitrogen and oxygen atoms in total. The summed E-state index contributed by atoms with van der Waals surface area (Å²) in [6.07, 6.45) is 0. The maximum atomic E-state index is 11.8. The van der Waals surface area contributed by atoms with Crippen LogP contribution >= 0.6 is 0 Å². The summed E-state index contributed by atoms with van der Waals surface area (Å²) in [6, 6.07) is 5.08. The number of rotatable bonds is 5. The first-order chi connectivity index (χ1) is 8.42. The van der Waals surface area contributed by atoms with E-state index in [1.807, 2.05) is 13.8 Å². The van der Waals surface area contributed by atoms with Crippen molar-refractivity contribution in [3.05, 3.63) is 18.2 Å². The summed E-state index contributed by atoms with van der Waals surface area (Å²) in [5.74, 6) is 0.611. The molecule has 0 bridgehead atoms. The molecule has 1 amide bonds. The fourth-order valence-corrected chi connectivity index (χ4v) is 1.55. The van der Waals surface area contributed by atoms with Gasteiger partial charge in [0, 0.05) is 29.5 Å². The van der Waals surface area contributed by atoms with Crippen molar-refractivity contribution in [2.75, 3.05) is 18.2 Å². The number of benzene rings is 1. The molecule has 18 heavy (non-hydrogen) atoms. The van der Waals surface area contributed by atoms with Gasteiger partial charge in [-0.1, -0.05) is 0 Å². The molecule has 0 aliphatic carbocycles. The van der Waals surface area contributed by atoms with E-state index in [0.717, 1.165) is 5.69 Å². The van der Waals surface area contributed by atoms with Gasteiger partial charge in [0.05, 0.1) is 7.11 Å². The fraction of sp³-hybridized carbons (Fsp3) is 0.462. The Hall–Kier alpha value is -1.91. The highest BCUT2D eigenvalue weighted by Crippen LogP contribution is 2.22. The number of carbonyl (C=O) groups is 1. The second-order valence-electron chi connectivity index (χ2n) is 4.52. The summed E-state index contributed by atoms with van der Waals surface area (Å²) in [7, 11) is 1.58. The van der Waals surface area contributed by atoms with E-state index in [-0.39, 0.29) is 18.0 Å². The van der Waals surface area contributed by atoms with Crippen LogP contribution in [0.1, 0.15) is 20.8 Å². The molecule has 100 valence electrons. The van der Waals surface area contributed by atoms with Crippen molar-refractivity contribution in [1.29, 1.82) is 0 Å². The van der Waals surface area contributed by atoms with Crippen LogP contribution in [0.5, 0.6) is 5.75 Å². The maximum absolute atomic E-state index is 11.8. The topological polar surface area (TPSA) is 76.4 Å². The van der Waals surface area contributed by atoms with Gasteiger partial charge in [0.1, 0.15) is 11.8 Å². The molecule has 0 aliphatic rings. The zero-order valence-corrected chi connectivity index (χ0v) is 11.3. The summed E-state index contributed by atoms with van der Waals surface area (Å²) in [5.41, 5.74) is 7.10. The Balaban J connectivity index is 2.72. The zero-order chi connectivity index (χ0) is 13.7. The molecule has 1 rings (SSSR count). The van der Waals surface area contributed by atoms with E-state index in [1.165, 1.54) is 0 Å². The van der Waals surface area contributed by atoms with Crippen LogP contribution < -0.4 is 21.1 Å². The minimum atomic E-state index is -0.334. The van der Waals surface area contributed by atoms with Gasteiger partial charge in [-0.15, -0.1) is 0 Å². The molecule has 0 saturated carbocycles. The number of nitrogens with two attached hydrogens (primary N) is 1. The minimum absolute atomic E-state index is 0.0496. The van der Waals surface area contributed by atoms with Crippen molar-refractivity contribution in [1.82, 2.24) is 5.32 Å². The van der Waals surface area contributed by atoms with E-state index >= 15 is 0 Å². The lowest BCUT2D eigenvalue weighted by molar-refractivity contribution is -0.122. The molecule has 1 atom stereocenters. The van der Waals surface area contributed by atoms with Crippen molar-refractivity contribution < 1.29 is 9.53 Å². The van der Waals surface area contributed by atoms with E-state index in [9.17, 15) is 4.79 Å². The molecule has 0 aromatic heterocycles. The first kappa shape index (κ1) is 14.2. The zero-order valence-electron chi connectivity index (χ0n) is 11.3. The molecule has 0 aliphatic heterocycles. The van der Waals surface area contributed by atoms with Gasteiger partial charge in [-0.05, 0) is 26.8 Å². The Kier molecular flexibility index (Phi) is 4.83. The number of hydrogen-bond acceptors (Lipinski definition) is 4. The molecule has 0 fully saturated rings. The van der Waals surface area contributed by atoms with Crippen LogP contribution in [0.25, 0.3) is 0 Å². The number of amides is 1. The number of carbonyl (C=O) groups excluding carboxylic acids is 1. The van der Waals surface area contributed by atoms with Crippen molar-refractivity contribution >= 4 is 17.3 Å². The monoisotopic (exact) mass is 251 g/mol. The third-order valence-corrected chi connectivity index (χ3v) is 2.37. The SMILES string of the molecule is COc1cc(N)cc(NC(C)C(=O)NC(C)C)c1. The van der Waals surface area contributed by atoms with Crippen LogP contribution in [0.15, 0.2) is 18.2 Å². The van der Waals surface area contributed by atoms with Crippen molar-refractivity contribution in [2.45, 2.75) is 32.9 Å². The number of ether oxygens (including phenoxy) is 1. The van der Waals surface area contributed by atoms with Gasteiger partial charge in [-0.25, -0.2) is 0 Å². The molecule has 0 radical (unpaired) electrons. The van der Waals surface area contributed by atoms with E-state index < -0.39 is 0 Å². The van der Waals surface area contributed by atoms with Crippen LogP contribution in [0, 0.1) is 0 Å². The van der Waals surface area contributed by atoms with Crippen LogP contribution in [0.3, 0.4) is 0 Å². The van der Waals surface area contributed by atoms with Crippen molar-refractivity contribution in [2.24, 2.45) is 0 Å². The summed E-state index contributed by atoms with van der Waals surface area (Å²) in [4.78, 5) is 11.8. The summed E-state index contributed by atoms with van der Waals surface area (Å²) >= 11 is 0. The number of nitrogens with one attached hydrogen (secondary N) is 2. The fourth-order valence-electron chi connectivity index (χ4n) is 1.55. The molecule has 1 aromatic carbocycles. The van der Waals surface area contributed by atoms with Gasteiger partial charge in [-0.3, -0.25) is 4.79 Å². The predicted molar refractivity (Wildman–Crippen MR) is 73.8 cm³/mol. The smallest absolute Gasteiger partial charge is 0.242 e. The van der Waals surface area contributed by atoms with Crippen LogP contribution in [0.2, 0.25) is 0 Å². The molecule has 0 saturated heterocycles. The number of nitrogen functional groups attached to an aromatic ring is 1. The van der Waals surface area contributed by atoms with Crippen LogP contribution in [-0.4, -0.2) is 25.1 Å². The highest BCUT2D eigenvalue weighted by molar-refractivity contribution is 5.84. The number of hydrogen-bond donors (Lipinski definition) is 3. The predicted octanol–water partition coefficient (Wildman–Crippen LogP) is 1.60. The Labute approximate surface area is 108 Å². The number of methoxy groups -OCH3 is 1. The minimum Gasteiger partial charge on any atom is -0.497 e. The maximum Gasteiger partial charge on any atom is 0.242 e. The average Bonchev–Trinajstić information content (AvgIpc) is 2.27. The Bertz CT molecular complexity index is 419. The van der Waals surface area contributed by atoms with Gasteiger partial charge < -0.3 is 21.1 Å². The first-order valence-electron chi connectivity index (χ1n) is 5.94. The molecule has 1 aromatic rings. The summed E-state index contributed by atoms with van der Waals surface area (Å²) in [5, 5.41) is 5.93. The second kappa shape index (κ2) is 6.14. The Morgan fingerprint density at radius 1 is 1.28 bits per heavy atom. The Morgan fingerprint density at radius 2 is 1.94 bits per heavy atom. The van der Waals surface area contributed by atoms with Gasteiger partial charge in [-0.2, -0.15) is 0 Å².